The number of hydrogen-bond acceptors (Lipinski definition) is 4. The number of rotatable bonds is 8. The van der Waals surface area contributed by atoms with Crippen molar-refractivity contribution in [2.45, 2.75) is 25.8 Å². The molecule has 2 rings (SSSR count). The molecule has 0 aliphatic carbocycles. The van der Waals surface area contributed by atoms with Crippen LogP contribution >= 0.6 is 0 Å². The number of carbonyl (C=O) groups is 2. The normalized spacial score (nSPS) is 11.8. The van der Waals surface area contributed by atoms with Crippen molar-refractivity contribution in [1.82, 2.24) is 10.6 Å². The average Bonchev–Trinajstić information content (AvgIpc) is 2.66. The van der Waals surface area contributed by atoms with Gasteiger partial charge in [-0.2, -0.15) is 0 Å². The first kappa shape index (κ1) is 20.4. The highest BCUT2D eigenvalue weighted by atomic mass is 16.4. The average molecular weight is 366 g/mol. The number of aryl methyl sites for hydroxylation is 1. The van der Waals surface area contributed by atoms with E-state index < -0.39 is 24.9 Å². The van der Waals surface area contributed by atoms with Gasteiger partial charge in [-0.1, -0.05) is 60.2 Å². The highest BCUT2D eigenvalue weighted by Crippen LogP contribution is 2.07. The lowest BCUT2D eigenvalue weighted by molar-refractivity contribution is -0.119. The third kappa shape index (κ3) is 7.47. The minimum absolute atomic E-state index is 0.262. The van der Waals surface area contributed by atoms with E-state index in [-0.39, 0.29) is 6.42 Å². The van der Waals surface area contributed by atoms with Crippen molar-refractivity contribution < 1.29 is 19.6 Å². The zero-order valence-electron chi connectivity index (χ0n) is 15.1. The molecule has 27 heavy (non-hydrogen) atoms. The fraction of sp³-hybridized carbons (Fsp3) is 0.200. The van der Waals surface area contributed by atoms with Crippen LogP contribution in [0.4, 0.5) is 0 Å². The van der Waals surface area contributed by atoms with Gasteiger partial charge in [0, 0.05) is 18.7 Å². The fourth-order valence-electron chi connectivity index (χ4n) is 2.44. The molecule has 0 radical (unpaired) electrons. The summed E-state index contributed by atoms with van der Waals surface area (Å²) in [6.45, 7) is 2.31. The van der Waals surface area contributed by atoms with Crippen molar-refractivity contribution in [3.8, 4) is 0 Å². The molecule has 0 heterocycles. The molecule has 0 aliphatic rings. The van der Waals surface area contributed by atoms with E-state index in [4.69, 9.17) is 0 Å². The van der Waals surface area contributed by atoms with Crippen molar-refractivity contribution in [1.29, 1.82) is 0 Å². The zero-order valence-corrected chi connectivity index (χ0v) is 15.1. The fourth-order valence-corrected chi connectivity index (χ4v) is 2.44. The van der Waals surface area contributed by atoms with Gasteiger partial charge < -0.3 is 20.7 Å². The highest BCUT2D eigenvalue weighted by molar-refractivity contribution is 6.43. The molecule has 4 N–H and O–H groups in total. The van der Waals surface area contributed by atoms with Gasteiger partial charge in [-0.25, -0.2) is 0 Å². The Bertz CT molecular complexity index is 776. The van der Waals surface area contributed by atoms with Gasteiger partial charge in [0.2, 0.25) is 11.8 Å². The van der Waals surface area contributed by atoms with Crippen LogP contribution in [0.3, 0.4) is 0 Å². The van der Waals surface area contributed by atoms with Crippen LogP contribution in [0.25, 0.3) is 0 Å². The lowest BCUT2D eigenvalue weighted by atomic mass is 9.76. The summed E-state index contributed by atoms with van der Waals surface area (Å²) < 4.78 is 0. The van der Waals surface area contributed by atoms with E-state index in [0.29, 0.717) is 6.54 Å². The van der Waals surface area contributed by atoms with Gasteiger partial charge in [-0.05, 0) is 24.5 Å². The van der Waals surface area contributed by atoms with E-state index >= 15 is 0 Å². The molecule has 6 nitrogen and oxygen atoms in total. The Morgan fingerprint density at radius 3 is 2.22 bits per heavy atom. The van der Waals surface area contributed by atoms with Crippen LogP contribution in [0.5, 0.6) is 0 Å². The molecule has 0 aliphatic heterocycles. The predicted molar refractivity (Wildman–Crippen MR) is 104 cm³/mol. The Morgan fingerprint density at radius 2 is 1.59 bits per heavy atom. The first-order valence-electron chi connectivity index (χ1n) is 8.66. The third-order valence-corrected chi connectivity index (χ3v) is 3.96. The topological polar surface area (TPSA) is 98.7 Å². The molecular formula is C20H23BN2O4. The number of nitrogens with one attached hydrogen (secondary N) is 2. The summed E-state index contributed by atoms with van der Waals surface area (Å²) >= 11 is 0. The van der Waals surface area contributed by atoms with Gasteiger partial charge in [0.1, 0.15) is 0 Å². The molecule has 1 atom stereocenters. The quantitative estimate of drug-likeness (QED) is 0.412. The molecule has 2 aromatic carbocycles. The molecule has 7 heteroatoms. The smallest absolute Gasteiger partial charge is 0.426 e. The summed E-state index contributed by atoms with van der Waals surface area (Å²) in [4.78, 5) is 23.8. The van der Waals surface area contributed by atoms with Crippen LogP contribution in [0.1, 0.15) is 16.7 Å². The second-order valence-corrected chi connectivity index (χ2v) is 6.26. The van der Waals surface area contributed by atoms with Crippen molar-refractivity contribution in [3.05, 3.63) is 83.4 Å². The van der Waals surface area contributed by atoms with Crippen LogP contribution < -0.4 is 10.6 Å². The van der Waals surface area contributed by atoms with Crippen molar-refractivity contribution in [3.63, 3.8) is 0 Å². The van der Waals surface area contributed by atoms with E-state index in [1.54, 1.807) is 0 Å². The van der Waals surface area contributed by atoms with Crippen LogP contribution in [0.15, 0.2) is 66.7 Å². The Morgan fingerprint density at radius 1 is 0.963 bits per heavy atom. The Labute approximate surface area is 159 Å². The molecule has 0 saturated carbocycles. The number of hydrogen-bond donors (Lipinski definition) is 4. The summed E-state index contributed by atoms with van der Waals surface area (Å²) in [6.07, 6.45) is 2.45. The highest BCUT2D eigenvalue weighted by Gasteiger charge is 2.24. The predicted octanol–water partition coefficient (Wildman–Crippen LogP) is 0.907. The first-order valence-corrected chi connectivity index (χ1v) is 8.66. The lowest BCUT2D eigenvalue weighted by Crippen LogP contribution is -2.47. The van der Waals surface area contributed by atoms with Gasteiger partial charge in [0.15, 0.2) is 0 Å². The zero-order chi connectivity index (χ0) is 19.6. The summed E-state index contributed by atoms with van der Waals surface area (Å²) in [5.41, 5.74) is 2.90. The maximum Gasteiger partial charge on any atom is 0.475 e. The summed E-state index contributed by atoms with van der Waals surface area (Å²) in [6, 6.07) is 17.0. The number of amides is 2. The van der Waals surface area contributed by atoms with Crippen LogP contribution in [0.2, 0.25) is 0 Å². The van der Waals surface area contributed by atoms with E-state index in [9.17, 15) is 19.6 Å². The minimum Gasteiger partial charge on any atom is -0.426 e. The van der Waals surface area contributed by atoms with Gasteiger partial charge in [0.05, 0.1) is 5.94 Å². The monoisotopic (exact) mass is 366 g/mol. The summed E-state index contributed by atoms with van der Waals surface area (Å²) in [7, 11) is -1.71. The van der Waals surface area contributed by atoms with Crippen LogP contribution in [0, 0.1) is 6.92 Å². The van der Waals surface area contributed by atoms with Crippen LogP contribution in [-0.2, 0) is 22.6 Å². The van der Waals surface area contributed by atoms with Crippen molar-refractivity contribution >= 4 is 18.9 Å². The summed E-state index contributed by atoms with van der Waals surface area (Å²) in [5.74, 6) is -1.86. The van der Waals surface area contributed by atoms with Gasteiger partial charge in [-0.3, -0.25) is 9.59 Å². The molecule has 0 spiro atoms. The van der Waals surface area contributed by atoms with Gasteiger partial charge in [0.25, 0.3) is 0 Å². The molecule has 0 bridgehead atoms. The first-order chi connectivity index (χ1) is 12.9. The SMILES string of the molecule is Cc1ccc(CC(NC(=O)C=CC(=O)NCc2ccccc2)B(O)O)cc1. The maximum absolute atomic E-state index is 12.0. The molecule has 0 aromatic heterocycles. The molecule has 140 valence electrons. The van der Waals surface area contributed by atoms with Crippen molar-refractivity contribution in [2.75, 3.05) is 0 Å². The van der Waals surface area contributed by atoms with E-state index in [1.807, 2.05) is 61.5 Å². The standard InChI is InChI=1S/C20H23BN2O4/c1-15-7-9-16(10-8-15)13-18(21(26)27)23-20(25)12-11-19(24)22-14-17-5-3-2-4-6-17/h2-12,18,26-27H,13-14H2,1H3,(H,22,24)(H,23,25). The molecule has 2 aromatic rings. The summed E-state index contributed by atoms with van der Waals surface area (Å²) in [5, 5.41) is 24.2. The second-order valence-electron chi connectivity index (χ2n) is 6.26. The minimum atomic E-state index is -1.71. The lowest BCUT2D eigenvalue weighted by Gasteiger charge is -2.17. The Hall–Kier alpha value is -2.90. The molecule has 0 fully saturated rings. The number of carbonyl (C=O) groups excluding carboxylic acids is 2. The van der Waals surface area contributed by atoms with E-state index in [2.05, 4.69) is 10.6 Å². The van der Waals surface area contributed by atoms with Crippen molar-refractivity contribution in [2.24, 2.45) is 0 Å². The molecular weight excluding hydrogens is 343 g/mol. The third-order valence-electron chi connectivity index (χ3n) is 3.96. The Balaban J connectivity index is 1.84. The van der Waals surface area contributed by atoms with Gasteiger partial charge >= 0.3 is 7.12 Å². The van der Waals surface area contributed by atoms with E-state index in [1.165, 1.54) is 0 Å². The maximum atomic E-state index is 12.0. The van der Waals surface area contributed by atoms with Gasteiger partial charge in [-0.15, -0.1) is 0 Å². The molecule has 0 saturated heterocycles. The number of benzene rings is 2. The second kappa shape index (κ2) is 10.3. The van der Waals surface area contributed by atoms with Crippen LogP contribution in [-0.4, -0.2) is 34.9 Å². The van der Waals surface area contributed by atoms with E-state index in [0.717, 1.165) is 28.8 Å². The Kier molecular flexibility index (Phi) is 7.79. The largest absolute Gasteiger partial charge is 0.475 e. The molecule has 1 unspecified atom stereocenters. The molecule has 2 amide bonds.